The van der Waals surface area contributed by atoms with Crippen LogP contribution in [0.3, 0.4) is 0 Å². The number of hydrogen-bond donors (Lipinski definition) is 1. The predicted octanol–water partition coefficient (Wildman–Crippen LogP) is 5.53. The van der Waals surface area contributed by atoms with Gasteiger partial charge in [0.05, 0.1) is 12.0 Å². The largest absolute Gasteiger partial charge is 0.272 e. The summed E-state index contributed by atoms with van der Waals surface area (Å²) in [5.41, 5.74) is 5.93. The van der Waals surface area contributed by atoms with Crippen LogP contribution in [0.1, 0.15) is 16.7 Å². The molecule has 0 bridgehead atoms. The average Bonchev–Trinajstić information content (AvgIpc) is 3.24. The van der Waals surface area contributed by atoms with E-state index in [1.54, 1.807) is 18.0 Å². The van der Waals surface area contributed by atoms with E-state index in [1.807, 2.05) is 31.2 Å². The summed E-state index contributed by atoms with van der Waals surface area (Å²) in [4.78, 5) is 12.0. The highest BCUT2D eigenvalue weighted by Gasteiger charge is 2.09. The third kappa shape index (κ3) is 6.16. The molecule has 5 nitrogen and oxygen atoms in total. The summed E-state index contributed by atoms with van der Waals surface area (Å²) in [6, 6.07) is 22.7. The summed E-state index contributed by atoms with van der Waals surface area (Å²) >= 11 is 4.54. The van der Waals surface area contributed by atoms with Crippen LogP contribution < -0.4 is 5.43 Å². The number of carbonyl (C=O) groups is 1. The fourth-order valence-electron chi connectivity index (χ4n) is 2.96. The summed E-state index contributed by atoms with van der Waals surface area (Å²) in [6.45, 7) is 2.02. The van der Waals surface area contributed by atoms with Gasteiger partial charge in [-0.05, 0) is 28.8 Å². The molecule has 4 rings (SSSR count). The van der Waals surface area contributed by atoms with E-state index < -0.39 is 0 Å². The highest BCUT2D eigenvalue weighted by molar-refractivity contribution is 8.03. The van der Waals surface area contributed by atoms with Crippen LogP contribution in [0.15, 0.2) is 80.5 Å². The van der Waals surface area contributed by atoms with Crippen molar-refractivity contribution in [3.8, 4) is 0 Å². The maximum atomic E-state index is 12.0. The number of amides is 1. The Bertz CT molecular complexity index is 1220. The molecule has 3 aromatic carbocycles. The standard InChI is InChI=1S/C23H20N4OS3/c1-16-6-4-7-17(12-16)13-24-25-21(28)15-30-23-27-26-22(31-23)29-14-19-10-5-9-18-8-2-3-11-20(18)19/h2-13H,14-15H2,1H3,(H,25,28). The lowest BCUT2D eigenvalue weighted by Gasteiger charge is -2.04. The number of nitrogens with one attached hydrogen (secondary N) is 1. The number of hydrazone groups is 1. The van der Waals surface area contributed by atoms with Gasteiger partial charge in [-0.1, -0.05) is 107 Å². The minimum Gasteiger partial charge on any atom is -0.272 e. The molecule has 0 unspecified atom stereocenters. The monoisotopic (exact) mass is 464 g/mol. The van der Waals surface area contributed by atoms with E-state index in [0.29, 0.717) is 0 Å². The number of benzene rings is 3. The van der Waals surface area contributed by atoms with Crippen LogP contribution in [0, 0.1) is 6.92 Å². The van der Waals surface area contributed by atoms with E-state index >= 15 is 0 Å². The van der Waals surface area contributed by atoms with Gasteiger partial charge in [0.1, 0.15) is 0 Å². The van der Waals surface area contributed by atoms with E-state index in [1.165, 1.54) is 39.4 Å². The van der Waals surface area contributed by atoms with Crippen molar-refractivity contribution in [3.05, 3.63) is 83.4 Å². The quantitative estimate of drug-likeness (QED) is 0.211. The van der Waals surface area contributed by atoms with Crippen LogP contribution in [0.2, 0.25) is 0 Å². The summed E-state index contributed by atoms with van der Waals surface area (Å²) in [6.07, 6.45) is 1.64. The number of carbonyl (C=O) groups excluding carboxylic acids is 1. The fourth-order valence-corrected chi connectivity index (χ4v) is 5.78. The zero-order chi connectivity index (χ0) is 21.5. The van der Waals surface area contributed by atoms with Gasteiger partial charge >= 0.3 is 0 Å². The first-order valence-corrected chi connectivity index (χ1v) is 12.4. The third-order valence-corrected chi connectivity index (χ3v) is 7.63. The van der Waals surface area contributed by atoms with Gasteiger partial charge in [0.15, 0.2) is 8.68 Å². The Hall–Kier alpha value is -2.68. The van der Waals surface area contributed by atoms with Crippen LogP contribution in [0.4, 0.5) is 0 Å². The predicted molar refractivity (Wildman–Crippen MR) is 131 cm³/mol. The molecule has 4 aromatic rings. The van der Waals surface area contributed by atoms with E-state index in [4.69, 9.17) is 0 Å². The van der Waals surface area contributed by atoms with Gasteiger partial charge in [-0.15, -0.1) is 10.2 Å². The van der Waals surface area contributed by atoms with Crippen molar-refractivity contribution in [2.45, 2.75) is 21.4 Å². The van der Waals surface area contributed by atoms with Crippen molar-refractivity contribution in [1.29, 1.82) is 0 Å². The van der Waals surface area contributed by atoms with Crippen molar-refractivity contribution in [3.63, 3.8) is 0 Å². The number of nitrogens with zero attached hydrogens (tertiary/aromatic N) is 3. The molecule has 0 saturated carbocycles. The molecule has 0 saturated heterocycles. The van der Waals surface area contributed by atoms with Crippen molar-refractivity contribution >= 4 is 57.8 Å². The van der Waals surface area contributed by atoms with Gasteiger partial charge in [0, 0.05) is 5.75 Å². The lowest BCUT2D eigenvalue weighted by Crippen LogP contribution is -2.19. The molecular weight excluding hydrogens is 444 g/mol. The Morgan fingerprint density at radius 1 is 1.03 bits per heavy atom. The Labute approximate surface area is 193 Å². The molecule has 0 aliphatic carbocycles. The van der Waals surface area contributed by atoms with Crippen molar-refractivity contribution in [2.75, 3.05) is 5.75 Å². The second kappa shape index (κ2) is 10.6. The molecule has 1 aromatic heterocycles. The fraction of sp³-hybridized carbons (Fsp3) is 0.130. The van der Waals surface area contributed by atoms with Crippen LogP contribution in [-0.2, 0) is 10.5 Å². The van der Waals surface area contributed by atoms with Gasteiger partial charge in [-0.3, -0.25) is 4.79 Å². The van der Waals surface area contributed by atoms with Crippen LogP contribution in [0.25, 0.3) is 10.8 Å². The first-order chi connectivity index (χ1) is 15.2. The molecular formula is C23H20N4OS3. The third-order valence-electron chi connectivity index (χ3n) is 4.39. The molecule has 0 radical (unpaired) electrons. The SMILES string of the molecule is Cc1cccc(C=NNC(=O)CSc2nnc(SCc3cccc4ccccc34)s2)c1. The summed E-state index contributed by atoms with van der Waals surface area (Å²) in [7, 11) is 0. The number of rotatable bonds is 8. The second-order valence-corrected chi connectivity index (χ2v) is 10.2. The minimum atomic E-state index is -0.172. The zero-order valence-corrected chi connectivity index (χ0v) is 19.3. The van der Waals surface area contributed by atoms with E-state index in [2.05, 4.69) is 63.2 Å². The highest BCUT2D eigenvalue weighted by atomic mass is 32.2. The Kier molecular flexibility index (Phi) is 7.35. The molecule has 0 aliphatic heterocycles. The van der Waals surface area contributed by atoms with Gasteiger partial charge in [-0.25, -0.2) is 5.43 Å². The molecule has 31 heavy (non-hydrogen) atoms. The first kappa shape index (κ1) is 21.5. The number of aryl methyl sites for hydroxylation is 1. The van der Waals surface area contributed by atoms with Gasteiger partial charge in [0.25, 0.3) is 5.91 Å². The smallest absolute Gasteiger partial charge is 0.250 e. The number of aromatic nitrogens is 2. The molecule has 8 heteroatoms. The first-order valence-electron chi connectivity index (χ1n) is 9.62. The lowest BCUT2D eigenvalue weighted by molar-refractivity contribution is -0.118. The summed E-state index contributed by atoms with van der Waals surface area (Å²) < 4.78 is 1.67. The normalized spacial score (nSPS) is 11.3. The Balaban J connectivity index is 1.25. The average molecular weight is 465 g/mol. The van der Waals surface area contributed by atoms with Crippen molar-refractivity contribution < 1.29 is 4.79 Å². The maximum absolute atomic E-state index is 12.0. The Morgan fingerprint density at radius 2 is 1.81 bits per heavy atom. The number of fused-ring (bicyclic) bond motifs is 1. The van der Waals surface area contributed by atoms with Crippen LogP contribution in [0.5, 0.6) is 0 Å². The second-order valence-electron chi connectivity index (χ2n) is 6.76. The molecule has 0 atom stereocenters. The molecule has 0 fully saturated rings. The zero-order valence-electron chi connectivity index (χ0n) is 16.8. The maximum Gasteiger partial charge on any atom is 0.250 e. The van der Waals surface area contributed by atoms with Crippen molar-refractivity contribution in [1.82, 2.24) is 15.6 Å². The van der Waals surface area contributed by atoms with Crippen molar-refractivity contribution in [2.24, 2.45) is 5.10 Å². The highest BCUT2D eigenvalue weighted by Crippen LogP contribution is 2.32. The van der Waals surface area contributed by atoms with Crippen LogP contribution >= 0.6 is 34.9 Å². The number of hydrogen-bond acceptors (Lipinski definition) is 7. The molecule has 156 valence electrons. The summed E-state index contributed by atoms with van der Waals surface area (Å²) in [5, 5.41) is 15.0. The molecule has 0 aliphatic rings. The number of thioether (sulfide) groups is 2. The lowest BCUT2D eigenvalue weighted by atomic mass is 10.1. The molecule has 0 spiro atoms. The van der Waals surface area contributed by atoms with Crippen LogP contribution in [-0.4, -0.2) is 28.1 Å². The van der Waals surface area contributed by atoms with E-state index in [-0.39, 0.29) is 11.7 Å². The van der Waals surface area contributed by atoms with Gasteiger partial charge in [-0.2, -0.15) is 5.10 Å². The van der Waals surface area contributed by atoms with E-state index in [9.17, 15) is 4.79 Å². The molecule has 1 amide bonds. The summed E-state index contributed by atoms with van der Waals surface area (Å²) in [5.74, 6) is 0.900. The Morgan fingerprint density at radius 3 is 2.68 bits per heavy atom. The minimum absolute atomic E-state index is 0.172. The molecule has 1 N–H and O–H groups in total. The topological polar surface area (TPSA) is 67.2 Å². The molecule has 1 heterocycles. The van der Waals surface area contributed by atoms with E-state index in [0.717, 1.165) is 25.6 Å². The van der Waals surface area contributed by atoms with Gasteiger partial charge < -0.3 is 0 Å². The van der Waals surface area contributed by atoms with Gasteiger partial charge in [0.2, 0.25) is 0 Å².